The molecule has 3 amide bonds. The predicted octanol–water partition coefficient (Wildman–Crippen LogP) is 2.22. The van der Waals surface area contributed by atoms with Crippen LogP contribution >= 0.6 is 11.3 Å². The minimum Gasteiger partial charge on any atom is -0.327 e. The standard InChI is InChI=1S/C18H26N6O2S/c1-11-12(2)27-16(19-11)18(3,4)21-17(26)20-13-7-6-9-24(15(13)25)14-8-10-23(5)22-14/h8,10,13H,6-7,9H2,1-5H3,(H2,20,21,26)/t13-/m1/s1. The number of nitrogens with zero attached hydrogens (tertiary/aromatic N) is 4. The van der Waals surface area contributed by atoms with Crippen LogP contribution in [0, 0.1) is 13.8 Å². The van der Waals surface area contributed by atoms with E-state index in [0.717, 1.165) is 22.0 Å². The number of anilines is 1. The summed E-state index contributed by atoms with van der Waals surface area (Å²) in [6.07, 6.45) is 3.22. The van der Waals surface area contributed by atoms with Crippen LogP contribution < -0.4 is 15.5 Å². The Morgan fingerprint density at radius 1 is 1.37 bits per heavy atom. The minimum atomic E-state index is -0.619. The summed E-state index contributed by atoms with van der Waals surface area (Å²) in [5.74, 6) is 0.484. The lowest BCUT2D eigenvalue weighted by Crippen LogP contribution is -2.56. The fourth-order valence-corrected chi connectivity index (χ4v) is 4.03. The van der Waals surface area contributed by atoms with Crippen molar-refractivity contribution < 1.29 is 9.59 Å². The lowest BCUT2D eigenvalue weighted by Gasteiger charge is -2.32. The van der Waals surface area contributed by atoms with Crippen molar-refractivity contribution in [1.82, 2.24) is 25.4 Å². The van der Waals surface area contributed by atoms with Crippen molar-refractivity contribution in [3.05, 3.63) is 27.8 Å². The molecule has 1 atom stereocenters. The van der Waals surface area contributed by atoms with E-state index in [1.807, 2.05) is 34.7 Å². The molecule has 1 saturated heterocycles. The third-order valence-electron chi connectivity index (χ3n) is 4.71. The molecule has 0 spiro atoms. The van der Waals surface area contributed by atoms with E-state index in [1.165, 1.54) is 0 Å². The topological polar surface area (TPSA) is 92.2 Å². The van der Waals surface area contributed by atoms with Gasteiger partial charge in [0.1, 0.15) is 11.0 Å². The van der Waals surface area contributed by atoms with Crippen molar-refractivity contribution in [2.24, 2.45) is 7.05 Å². The number of hydrogen-bond donors (Lipinski definition) is 2. The number of hydrogen-bond acceptors (Lipinski definition) is 5. The molecule has 27 heavy (non-hydrogen) atoms. The highest BCUT2D eigenvalue weighted by molar-refractivity contribution is 7.11. The highest BCUT2D eigenvalue weighted by Crippen LogP contribution is 2.27. The van der Waals surface area contributed by atoms with E-state index in [2.05, 4.69) is 20.7 Å². The molecule has 3 rings (SSSR count). The summed E-state index contributed by atoms with van der Waals surface area (Å²) in [5.41, 5.74) is 0.352. The number of rotatable bonds is 4. The molecule has 0 aromatic carbocycles. The Morgan fingerprint density at radius 3 is 2.70 bits per heavy atom. The zero-order valence-corrected chi connectivity index (χ0v) is 17.2. The van der Waals surface area contributed by atoms with Gasteiger partial charge in [-0.05, 0) is 40.5 Å². The Morgan fingerprint density at radius 2 is 2.11 bits per heavy atom. The van der Waals surface area contributed by atoms with Crippen molar-refractivity contribution in [3.63, 3.8) is 0 Å². The summed E-state index contributed by atoms with van der Waals surface area (Å²) < 4.78 is 1.66. The van der Waals surface area contributed by atoms with Gasteiger partial charge in [0.15, 0.2) is 5.82 Å². The fraction of sp³-hybridized carbons (Fsp3) is 0.556. The SMILES string of the molecule is Cc1nc(C(C)(C)NC(=O)N[C@@H]2CCCN(c3ccn(C)n3)C2=O)sc1C. The van der Waals surface area contributed by atoms with Gasteiger partial charge in [0, 0.05) is 30.7 Å². The van der Waals surface area contributed by atoms with Gasteiger partial charge in [-0.2, -0.15) is 5.10 Å². The third-order valence-corrected chi connectivity index (χ3v) is 6.11. The number of carbonyl (C=O) groups is 2. The molecule has 0 unspecified atom stereocenters. The monoisotopic (exact) mass is 390 g/mol. The third kappa shape index (κ3) is 4.13. The Bertz CT molecular complexity index is 836. The first-order valence-corrected chi connectivity index (χ1v) is 9.83. The van der Waals surface area contributed by atoms with Gasteiger partial charge in [0.2, 0.25) is 0 Å². The molecule has 0 saturated carbocycles. The molecule has 0 aliphatic carbocycles. The molecular weight excluding hydrogens is 364 g/mol. The van der Waals surface area contributed by atoms with Crippen LogP contribution in [0.15, 0.2) is 12.3 Å². The van der Waals surface area contributed by atoms with E-state index >= 15 is 0 Å². The van der Waals surface area contributed by atoms with Crippen molar-refractivity contribution in [1.29, 1.82) is 0 Å². The van der Waals surface area contributed by atoms with Crippen molar-refractivity contribution in [2.45, 2.75) is 52.1 Å². The van der Waals surface area contributed by atoms with Gasteiger partial charge in [-0.3, -0.25) is 14.4 Å². The van der Waals surface area contributed by atoms with Crippen LogP contribution in [0.1, 0.15) is 42.3 Å². The number of urea groups is 1. The number of aromatic nitrogens is 3. The molecule has 2 aromatic rings. The molecule has 1 aliphatic heterocycles. The van der Waals surface area contributed by atoms with Crippen molar-refractivity contribution in [3.8, 4) is 0 Å². The van der Waals surface area contributed by atoms with Gasteiger partial charge in [-0.15, -0.1) is 11.3 Å². The van der Waals surface area contributed by atoms with Crippen molar-refractivity contribution >= 4 is 29.1 Å². The van der Waals surface area contributed by atoms with Crippen LogP contribution in [-0.4, -0.2) is 39.3 Å². The molecular formula is C18H26N6O2S. The Hall–Kier alpha value is -2.42. The lowest BCUT2D eigenvalue weighted by atomic mass is 10.0. The van der Waals surface area contributed by atoms with Crippen molar-refractivity contribution in [2.75, 3.05) is 11.4 Å². The van der Waals surface area contributed by atoms with Gasteiger partial charge in [-0.25, -0.2) is 9.78 Å². The van der Waals surface area contributed by atoms with E-state index in [0.29, 0.717) is 18.8 Å². The second-order valence-corrected chi connectivity index (χ2v) is 8.62. The molecule has 0 bridgehead atoms. The zero-order chi connectivity index (χ0) is 19.8. The zero-order valence-electron chi connectivity index (χ0n) is 16.4. The van der Waals surface area contributed by atoms with Gasteiger partial charge < -0.3 is 10.6 Å². The van der Waals surface area contributed by atoms with Gasteiger partial charge in [0.25, 0.3) is 5.91 Å². The lowest BCUT2D eigenvalue weighted by molar-refractivity contribution is -0.121. The van der Waals surface area contributed by atoms with Crippen LogP contribution in [0.2, 0.25) is 0 Å². The number of thiazole rings is 1. The molecule has 3 heterocycles. The second kappa shape index (κ2) is 7.30. The average molecular weight is 391 g/mol. The first kappa shape index (κ1) is 19.3. The molecule has 2 aromatic heterocycles. The highest BCUT2D eigenvalue weighted by Gasteiger charge is 2.33. The quantitative estimate of drug-likeness (QED) is 0.837. The number of piperidine rings is 1. The van der Waals surface area contributed by atoms with E-state index in [4.69, 9.17) is 0 Å². The molecule has 1 fully saturated rings. The largest absolute Gasteiger partial charge is 0.327 e. The summed E-state index contributed by atoms with van der Waals surface area (Å²) in [4.78, 5) is 32.6. The maximum absolute atomic E-state index is 12.8. The van der Waals surface area contributed by atoms with E-state index in [1.54, 1.807) is 33.2 Å². The van der Waals surface area contributed by atoms with Gasteiger partial charge >= 0.3 is 6.03 Å². The predicted molar refractivity (Wildman–Crippen MR) is 105 cm³/mol. The second-order valence-electron chi connectivity index (χ2n) is 7.42. The maximum atomic E-state index is 12.8. The summed E-state index contributed by atoms with van der Waals surface area (Å²) in [5, 5.41) is 10.9. The first-order valence-electron chi connectivity index (χ1n) is 9.01. The molecule has 146 valence electrons. The Labute approximate surface area is 163 Å². The smallest absolute Gasteiger partial charge is 0.316 e. The van der Waals surface area contributed by atoms with Crippen LogP contribution in [-0.2, 0) is 17.4 Å². The summed E-state index contributed by atoms with van der Waals surface area (Å²) >= 11 is 1.57. The van der Waals surface area contributed by atoms with Crippen LogP contribution in [0.5, 0.6) is 0 Å². The van der Waals surface area contributed by atoms with Gasteiger partial charge in [0.05, 0.1) is 11.2 Å². The number of amides is 3. The molecule has 9 heteroatoms. The highest BCUT2D eigenvalue weighted by atomic mass is 32.1. The minimum absolute atomic E-state index is 0.131. The van der Waals surface area contributed by atoms with Crippen LogP contribution in [0.4, 0.5) is 10.6 Å². The first-order chi connectivity index (χ1) is 12.7. The Kier molecular flexibility index (Phi) is 5.23. The molecule has 8 nitrogen and oxygen atoms in total. The van der Waals surface area contributed by atoms with E-state index in [9.17, 15) is 9.59 Å². The van der Waals surface area contributed by atoms with Crippen LogP contribution in [0.3, 0.4) is 0 Å². The van der Waals surface area contributed by atoms with Gasteiger partial charge in [-0.1, -0.05) is 0 Å². The normalized spacial score (nSPS) is 17.9. The molecule has 1 aliphatic rings. The summed E-state index contributed by atoms with van der Waals surface area (Å²) in [7, 11) is 1.81. The maximum Gasteiger partial charge on any atom is 0.316 e. The average Bonchev–Trinajstić information content (AvgIpc) is 3.15. The molecule has 2 N–H and O–H groups in total. The summed E-state index contributed by atoms with van der Waals surface area (Å²) in [6, 6.07) is 0.874. The number of aryl methyl sites for hydroxylation is 3. The fourth-order valence-electron chi connectivity index (χ4n) is 3.06. The molecule has 0 radical (unpaired) electrons. The van der Waals surface area contributed by atoms with Crippen LogP contribution in [0.25, 0.3) is 0 Å². The Balaban J connectivity index is 1.65. The number of carbonyl (C=O) groups excluding carboxylic acids is 2. The summed E-state index contributed by atoms with van der Waals surface area (Å²) in [6.45, 7) is 8.40. The number of nitrogens with one attached hydrogen (secondary N) is 2. The van der Waals surface area contributed by atoms with E-state index < -0.39 is 11.6 Å². The van der Waals surface area contributed by atoms with E-state index in [-0.39, 0.29) is 11.9 Å².